The zero-order chi connectivity index (χ0) is 19.5. The van der Waals surface area contributed by atoms with Crippen molar-refractivity contribution in [3.8, 4) is 5.75 Å². The molecule has 0 radical (unpaired) electrons. The largest absolute Gasteiger partial charge is 0.486 e. The lowest BCUT2D eigenvalue weighted by molar-refractivity contribution is 0.0992. The fourth-order valence-electron chi connectivity index (χ4n) is 2.78. The van der Waals surface area contributed by atoms with E-state index in [4.69, 9.17) is 32.4 Å². The summed E-state index contributed by atoms with van der Waals surface area (Å²) in [4.78, 5) is 12.4. The molecule has 6 heteroatoms. The number of furan rings is 1. The van der Waals surface area contributed by atoms with Crippen LogP contribution < -0.4 is 10.1 Å². The van der Waals surface area contributed by atoms with Crippen molar-refractivity contribution in [1.29, 1.82) is 0 Å². The normalized spacial score (nSPS) is 10.8. The molecule has 140 valence electrons. The van der Waals surface area contributed by atoms with Crippen LogP contribution in [0.25, 0.3) is 10.8 Å². The summed E-state index contributed by atoms with van der Waals surface area (Å²) in [5.41, 5.74) is 0.348. The van der Waals surface area contributed by atoms with Gasteiger partial charge in [-0.25, -0.2) is 0 Å². The van der Waals surface area contributed by atoms with Crippen LogP contribution in [0.15, 0.2) is 77.2 Å². The highest BCUT2D eigenvalue weighted by molar-refractivity contribution is 6.39. The van der Waals surface area contributed by atoms with Crippen molar-refractivity contribution in [2.45, 2.75) is 6.61 Å². The number of fused-ring (bicyclic) bond motifs is 1. The quantitative estimate of drug-likeness (QED) is 0.403. The molecule has 4 nitrogen and oxygen atoms in total. The first-order valence-electron chi connectivity index (χ1n) is 8.56. The van der Waals surface area contributed by atoms with Crippen LogP contribution in [-0.4, -0.2) is 5.91 Å². The van der Waals surface area contributed by atoms with Gasteiger partial charge in [-0.3, -0.25) is 4.79 Å². The summed E-state index contributed by atoms with van der Waals surface area (Å²) >= 11 is 12.2. The lowest BCUT2D eigenvalue weighted by atomic mass is 10.1. The molecule has 1 aromatic heterocycles. The molecule has 1 amide bonds. The number of para-hydroxylation sites is 1. The van der Waals surface area contributed by atoms with E-state index in [0.717, 1.165) is 16.5 Å². The summed E-state index contributed by atoms with van der Waals surface area (Å²) in [5.74, 6) is 0.965. The molecule has 0 fully saturated rings. The Morgan fingerprint density at radius 2 is 1.64 bits per heavy atom. The first-order valence-corrected chi connectivity index (χ1v) is 9.31. The van der Waals surface area contributed by atoms with Crippen LogP contribution in [0.1, 0.15) is 16.3 Å². The minimum absolute atomic E-state index is 0.146. The Morgan fingerprint density at radius 3 is 2.43 bits per heavy atom. The summed E-state index contributed by atoms with van der Waals surface area (Å²) in [6.45, 7) is 0.207. The van der Waals surface area contributed by atoms with Crippen LogP contribution in [0.3, 0.4) is 0 Å². The molecule has 0 aliphatic carbocycles. The summed E-state index contributed by atoms with van der Waals surface area (Å²) in [6, 6.07) is 22.2. The van der Waals surface area contributed by atoms with Crippen LogP contribution in [0.5, 0.6) is 5.75 Å². The van der Waals surface area contributed by atoms with Gasteiger partial charge in [0.25, 0.3) is 5.91 Å². The Hall–Kier alpha value is -2.95. The van der Waals surface area contributed by atoms with Crippen molar-refractivity contribution in [3.63, 3.8) is 0 Å². The maximum atomic E-state index is 12.4. The van der Waals surface area contributed by atoms with Crippen molar-refractivity contribution < 1.29 is 13.9 Å². The Morgan fingerprint density at radius 1 is 0.893 bits per heavy atom. The molecular formula is C22H15Cl2NO3. The molecular weight excluding hydrogens is 397 g/mol. The molecule has 1 N–H and O–H groups in total. The maximum Gasteiger partial charge on any atom is 0.291 e. The molecule has 0 unspecified atom stereocenters. The van der Waals surface area contributed by atoms with E-state index in [-0.39, 0.29) is 12.4 Å². The van der Waals surface area contributed by atoms with E-state index in [1.54, 1.807) is 30.3 Å². The molecule has 4 rings (SSSR count). The van der Waals surface area contributed by atoms with Gasteiger partial charge in [-0.2, -0.15) is 0 Å². The molecule has 0 saturated carbocycles. The number of hydrogen-bond acceptors (Lipinski definition) is 3. The molecule has 0 saturated heterocycles. The monoisotopic (exact) mass is 411 g/mol. The molecule has 4 aromatic rings. The lowest BCUT2D eigenvalue weighted by Crippen LogP contribution is -2.11. The van der Waals surface area contributed by atoms with Gasteiger partial charge in [0.05, 0.1) is 15.7 Å². The Kier molecular flexibility index (Phi) is 5.24. The molecule has 0 atom stereocenters. The third-order valence-electron chi connectivity index (χ3n) is 4.19. The second-order valence-corrected chi connectivity index (χ2v) is 6.93. The first-order chi connectivity index (χ1) is 13.6. The number of carbonyl (C=O) groups excluding carboxylic acids is 1. The fourth-order valence-corrected chi connectivity index (χ4v) is 3.27. The second kappa shape index (κ2) is 7.97. The summed E-state index contributed by atoms with van der Waals surface area (Å²) < 4.78 is 11.4. The molecule has 3 aromatic carbocycles. The third kappa shape index (κ3) is 3.98. The van der Waals surface area contributed by atoms with Crippen LogP contribution in [0, 0.1) is 0 Å². The Balaban J connectivity index is 1.43. The van der Waals surface area contributed by atoms with Gasteiger partial charge >= 0.3 is 0 Å². The third-order valence-corrected chi connectivity index (χ3v) is 4.82. The minimum Gasteiger partial charge on any atom is -0.486 e. The van der Waals surface area contributed by atoms with Gasteiger partial charge in [0, 0.05) is 0 Å². The van der Waals surface area contributed by atoms with Crippen LogP contribution in [0.2, 0.25) is 10.0 Å². The van der Waals surface area contributed by atoms with Gasteiger partial charge in [0.15, 0.2) is 5.76 Å². The van der Waals surface area contributed by atoms with Gasteiger partial charge in [-0.15, -0.1) is 0 Å². The molecule has 0 aliphatic heterocycles. The zero-order valence-electron chi connectivity index (χ0n) is 14.6. The van der Waals surface area contributed by atoms with Gasteiger partial charge in [0.1, 0.15) is 18.1 Å². The molecule has 28 heavy (non-hydrogen) atoms. The smallest absolute Gasteiger partial charge is 0.291 e. The number of carbonyl (C=O) groups is 1. The highest BCUT2D eigenvalue weighted by Gasteiger charge is 2.15. The van der Waals surface area contributed by atoms with Gasteiger partial charge in [-0.05, 0) is 47.2 Å². The summed E-state index contributed by atoms with van der Waals surface area (Å²) in [5, 5.41) is 5.61. The predicted octanol–water partition coefficient (Wildman–Crippen LogP) is 6.57. The number of rotatable bonds is 5. The molecule has 1 heterocycles. The van der Waals surface area contributed by atoms with Crippen molar-refractivity contribution in [2.24, 2.45) is 0 Å². The number of nitrogens with one attached hydrogen (secondary N) is 1. The number of anilines is 1. The second-order valence-electron chi connectivity index (χ2n) is 6.11. The first kappa shape index (κ1) is 18.4. The van der Waals surface area contributed by atoms with E-state index in [9.17, 15) is 4.79 Å². The maximum absolute atomic E-state index is 12.4. The molecule has 0 spiro atoms. The van der Waals surface area contributed by atoms with E-state index in [2.05, 4.69) is 5.32 Å². The number of ether oxygens (including phenoxy) is 1. The van der Waals surface area contributed by atoms with Crippen molar-refractivity contribution >= 4 is 45.6 Å². The average molecular weight is 412 g/mol. The van der Waals surface area contributed by atoms with E-state index < -0.39 is 5.91 Å². The predicted molar refractivity (Wildman–Crippen MR) is 111 cm³/mol. The highest BCUT2D eigenvalue weighted by Crippen LogP contribution is 2.30. The zero-order valence-corrected chi connectivity index (χ0v) is 16.1. The average Bonchev–Trinajstić information content (AvgIpc) is 3.18. The number of hydrogen-bond donors (Lipinski definition) is 1. The Labute approximate surface area is 171 Å². The molecule has 0 bridgehead atoms. The minimum atomic E-state index is -0.438. The van der Waals surface area contributed by atoms with Crippen molar-refractivity contribution in [1.82, 2.24) is 0 Å². The van der Waals surface area contributed by atoms with Crippen LogP contribution in [0.4, 0.5) is 5.69 Å². The molecule has 0 aliphatic rings. The van der Waals surface area contributed by atoms with Crippen LogP contribution >= 0.6 is 23.2 Å². The SMILES string of the molecule is O=C(Nc1c(Cl)cccc1Cl)c1ccc(COc2ccc3ccccc3c2)o1. The summed E-state index contributed by atoms with van der Waals surface area (Å²) in [7, 11) is 0. The number of halogens is 2. The van der Waals surface area contributed by atoms with E-state index in [1.165, 1.54) is 0 Å². The van der Waals surface area contributed by atoms with Crippen LogP contribution in [-0.2, 0) is 6.61 Å². The fraction of sp³-hybridized carbons (Fsp3) is 0.0455. The summed E-state index contributed by atoms with van der Waals surface area (Å²) in [6.07, 6.45) is 0. The topological polar surface area (TPSA) is 51.5 Å². The standard InChI is InChI=1S/C22H15Cl2NO3/c23-18-6-3-7-19(24)21(18)25-22(26)20-11-10-17(28-20)13-27-16-9-8-14-4-1-2-5-15(14)12-16/h1-12H,13H2,(H,25,26). The number of benzene rings is 3. The Bertz CT molecular complexity index is 1130. The lowest BCUT2D eigenvalue weighted by Gasteiger charge is -2.08. The van der Waals surface area contributed by atoms with E-state index in [1.807, 2.05) is 42.5 Å². The van der Waals surface area contributed by atoms with Gasteiger partial charge in [0.2, 0.25) is 0 Å². The number of amides is 1. The van der Waals surface area contributed by atoms with Gasteiger partial charge in [-0.1, -0.05) is 59.6 Å². The van der Waals surface area contributed by atoms with E-state index in [0.29, 0.717) is 21.5 Å². The van der Waals surface area contributed by atoms with E-state index >= 15 is 0 Å². The van der Waals surface area contributed by atoms with Gasteiger partial charge < -0.3 is 14.5 Å². The highest BCUT2D eigenvalue weighted by atomic mass is 35.5. The van der Waals surface area contributed by atoms with Crippen molar-refractivity contribution in [2.75, 3.05) is 5.32 Å². The van der Waals surface area contributed by atoms with Crippen molar-refractivity contribution in [3.05, 3.63) is 94.4 Å².